The van der Waals surface area contributed by atoms with Crippen molar-refractivity contribution in [3.8, 4) is 0 Å². The van der Waals surface area contributed by atoms with E-state index in [-0.39, 0.29) is 12.6 Å². The lowest BCUT2D eigenvalue weighted by atomic mass is 9.92. The molecule has 1 N–H and O–H groups in total. The van der Waals surface area contributed by atoms with Crippen molar-refractivity contribution >= 4 is 5.69 Å². The lowest BCUT2D eigenvalue weighted by Crippen LogP contribution is -2.50. The molecule has 1 saturated heterocycles. The van der Waals surface area contributed by atoms with Gasteiger partial charge in [-0.1, -0.05) is 26.7 Å². The Labute approximate surface area is 139 Å². The predicted octanol–water partition coefficient (Wildman–Crippen LogP) is 3.19. The summed E-state index contributed by atoms with van der Waals surface area (Å²) in [4.78, 5) is 4.76. The molecule has 0 radical (unpaired) electrons. The van der Waals surface area contributed by atoms with Crippen molar-refractivity contribution in [3.05, 3.63) is 23.5 Å². The Balaban J connectivity index is 2.18. The van der Waals surface area contributed by atoms with Gasteiger partial charge in [-0.2, -0.15) is 22.5 Å². The number of rotatable bonds is 7. The molecular formula is C16H23F4N3O. The first-order chi connectivity index (χ1) is 11.5. The number of aromatic nitrogens is 1. The molecule has 0 spiro atoms. The van der Waals surface area contributed by atoms with E-state index >= 15 is 0 Å². The van der Waals surface area contributed by atoms with Crippen LogP contribution >= 0.6 is 0 Å². The van der Waals surface area contributed by atoms with E-state index in [1.165, 1.54) is 0 Å². The molecule has 1 unspecified atom stereocenters. The fraction of sp³-hybridized carbons (Fsp3) is 0.688. The number of morpholine rings is 1. The molecule has 0 aromatic carbocycles. The van der Waals surface area contributed by atoms with E-state index in [1.807, 2.05) is 0 Å². The first-order valence-electron chi connectivity index (χ1n) is 8.25. The molecule has 2 rings (SSSR count). The van der Waals surface area contributed by atoms with Crippen LogP contribution in [0.5, 0.6) is 0 Å². The van der Waals surface area contributed by atoms with E-state index in [0.29, 0.717) is 32.2 Å². The van der Waals surface area contributed by atoms with Crippen LogP contribution in [0.3, 0.4) is 0 Å². The van der Waals surface area contributed by atoms with Gasteiger partial charge in [0.1, 0.15) is 5.69 Å². The lowest BCUT2D eigenvalue weighted by molar-refractivity contribution is 0.00485. The van der Waals surface area contributed by atoms with Crippen molar-refractivity contribution in [2.24, 2.45) is 5.92 Å². The summed E-state index contributed by atoms with van der Waals surface area (Å²) >= 11 is 0. The fourth-order valence-electron chi connectivity index (χ4n) is 3.18. The molecular weight excluding hydrogens is 326 g/mol. The standard InChI is InChI=1S/C16H23F4N3O/c1-3-10(4-2)11(23-5-7-24-8-6-23)9-21-14-12(17)15(19)22-16(20)13(14)18/h10-11H,3-9H2,1-2H3,(H,21,22). The number of nitrogens with one attached hydrogen (secondary N) is 1. The Morgan fingerprint density at radius 3 is 2.08 bits per heavy atom. The maximum Gasteiger partial charge on any atom is 0.253 e. The minimum absolute atomic E-state index is 0.0120. The first-order valence-corrected chi connectivity index (χ1v) is 8.25. The van der Waals surface area contributed by atoms with E-state index in [0.717, 1.165) is 12.8 Å². The van der Waals surface area contributed by atoms with Gasteiger partial charge in [-0.3, -0.25) is 4.90 Å². The third-order valence-corrected chi connectivity index (χ3v) is 4.59. The summed E-state index contributed by atoms with van der Waals surface area (Å²) in [6.45, 7) is 6.90. The summed E-state index contributed by atoms with van der Waals surface area (Å²) < 4.78 is 59.3. The van der Waals surface area contributed by atoms with E-state index in [2.05, 4.69) is 29.0 Å². The molecule has 0 bridgehead atoms. The zero-order valence-electron chi connectivity index (χ0n) is 13.9. The van der Waals surface area contributed by atoms with Crippen molar-refractivity contribution in [3.63, 3.8) is 0 Å². The van der Waals surface area contributed by atoms with Crippen LogP contribution in [0.4, 0.5) is 23.2 Å². The molecule has 24 heavy (non-hydrogen) atoms. The van der Waals surface area contributed by atoms with Crippen LogP contribution < -0.4 is 5.32 Å². The zero-order valence-corrected chi connectivity index (χ0v) is 13.9. The van der Waals surface area contributed by atoms with Gasteiger partial charge in [0, 0.05) is 25.7 Å². The predicted molar refractivity (Wildman–Crippen MR) is 82.8 cm³/mol. The Morgan fingerprint density at radius 1 is 1.04 bits per heavy atom. The Hall–Kier alpha value is -1.41. The van der Waals surface area contributed by atoms with Crippen molar-refractivity contribution in [1.29, 1.82) is 0 Å². The summed E-state index contributed by atoms with van der Waals surface area (Å²) in [5.41, 5.74) is -0.802. The normalized spacial score (nSPS) is 17.3. The summed E-state index contributed by atoms with van der Waals surface area (Å²) in [5, 5.41) is 2.56. The second-order valence-corrected chi connectivity index (χ2v) is 5.87. The number of hydrogen-bond donors (Lipinski definition) is 1. The zero-order chi connectivity index (χ0) is 17.7. The van der Waals surface area contributed by atoms with Gasteiger partial charge in [0.15, 0.2) is 0 Å². The first kappa shape index (κ1) is 18.9. The van der Waals surface area contributed by atoms with Gasteiger partial charge in [0.25, 0.3) is 11.9 Å². The van der Waals surface area contributed by atoms with Crippen LogP contribution in [0.15, 0.2) is 0 Å². The van der Waals surface area contributed by atoms with Crippen LogP contribution in [0, 0.1) is 29.4 Å². The van der Waals surface area contributed by atoms with Gasteiger partial charge in [-0.15, -0.1) is 0 Å². The van der Waals surface area contributed by atoms with E-state index in [1.54, 1.807) is 0 Å². The summed E-state index contributed by atoms with van der Waals surface area (Å²) in [7, 11) is 0. The number of nitrogens with zero attached hydrogens (tertiary/aromatic N) is 2. The Morgan fingerprint density at radius 2 is 1.58 bits per heavy atom. The third kappa shape index (κ3) is 4.16. The maximum absolute atomic E-state index is 13.8. The average molecular weight is 349 g/mol. The van der Waals surface area contributed by atoms with Crippen molar-refractivity contribution < 1.29 is 22.3 Å². The van der Waals surface area contributed by atoms with Crippen LogP contribution in [0.1, 0.15) is 26.7 Å². The molecule has 8 heteroatoms. The number of pyridine rings is 1. The summed E-state index contributed by atoms with van der Waals surface area (Å²) in [5.74, 6) is -6.01. The second kappa shape index (κ2) is 8.62. The minimum Gasteiger partial charge on any atom is -0.379 e. The number of anilines is 1. The fourth-order valence-corrected chi connectivity index (χ4v) is 3.18. The highest BCUT2D eigenvalue weighted by Crippen LogP contribution is 2.25. The Kier molecular flexibility index (Phi) is 6.79. The van der Waals surface area contributed by atoms with Crippen molar-refractivity contribution in [2.75, 3.05) is 38.2 Å². The highest BCUT2D eigenvalue weighted by molar-refractivity contribution is 5.45. The SMILES string of the molecule is CCC(CC)C(CNc1c(F)c(F)nc(F)c1F)N1CCOCC1. The van der Waals surface area contributed by atoms with Crippen LogP contribution in [-0.2, 0) is 4.74 Å². The second-order valence-electron chi connectivity index (χ2n) is 5.87. The van der Waals surface area contributed by atoms with Gasteiger partial charge in [-0.25, -0.2) is 0 Å². The quantitative estimate of drug-likeness (QED) is 0.606. The van der Waals surface area contributed by atoms with Crippen LogP contribution in [0.2, 0.25) is 0 Å². The molecule has 1 aliphatic heterocycles. The van der Waals surface area contributed by atoms with E-state index in [9.17, 15) is 17.6 Å². The molecule has 1 atom stereocenters. The molecule has 4 nitrogen and oxygen atoms in total. The highest BCUT2D eigenvalue weighted by Gasteiger charge is 2.28. The number of hydrogen-bond acceptors (Lipinski definition) is 4. The van der Waals surface area contributed by atoms with Crippen molar-refractivity contribution in [2.45, 2.75) is 32.7 Å². The molecule has 2 heterocycles. The topological polar surface area (TPSA) is 37.4 Å². The molecule has 1 aromatic heterocycles. The molecule has 136 valence electrons. The van der Waals surface area contributed by atoms with Gasteiger partial charge >= 0.3 is 0 Å². The van der Waals surface area contributed by atoms with Crippen LogP contribution in [-0.4, -0.2) is 48.8 Å². The molecule has 0 saturated carbocycles. The molecule has 0 amide bonds. The third-order valence-electron chi connectivity index (χ3n) is 4.59. The van der Waals surface area contributed by atoms with Gasteiger partial charge < -0.3 is 10.1 Å². The van der Waals surface area contributed by atoms with E-state index < -0.39 is 29.2 Å². The van der Waals surface area contributed by atoms with Gasteiger partial charge in [-0.05, 0) is 5.92 Å². The monoisotopic (exact) mass is 349 g/mol. The lowest BCUT2D eigenvalue weighted by Gasteiger charge is -2.39. The molecule has 0 aliphatic carbocycles. The Bertz CT molecular complexity index is 522. The van der Waals surface area contributed by atoms with Crippen LogP contribution in [0.25, 0.3) is 0 Å². The minimum atomic E-state index is -1.65. The average Bonchev–Trinajstić information content (AvgIpc) is 2.60. The van der Waals surface area contributed by atoms with Gasteiger partial charge in [0.05, 0.1) is 13.2 Å². The smallest absolute Gasteiger partial charge is 0.253 e. The number of ether oxygens (including phenoxy) is 1. The largest absolute Gasteiger partial charge is 0.379 e. The summed E-state index contributed by atoms with van der Waals surface area (Å²) in [6, 6.07) is -0.0120. The number of halogens is 4. The van der Waals surface area contributed by atoms with Gasteiger partial charge in [0.2, 0.25) is 11.6 Å². The molecule has 1 aromatic rings. The molecule has 1 aliphatic rings. The van der Waals surface area contributed by atoms with E-state index in [4.69, 9.17) is 4.74 Å². The highest BCUT2D eigenvalue weighted by atomic mass is 19.2. The summed E-state index contributed by atoms with van der Waals surface area (Å²) in [6.07, 6.45) is 1.79. The molecule has 1 fully saturated rings. The van der Waals surface area contributed by atoms with Crippen molar-refractivity contribution in [1.82, 2.24) is 9.88 Å². The maximum atomic E-state index is 13.8.